The van der Waals surface area contributed by atoms with Crippen molar-refractivity contribution in [3.05, 3.63) is 23.8 Å². The number of rotatable bonds is 7. The molecule has 0 saturated heterocycles. The second-order valence-electron chi connectivity index (χ2n) is 3.69. The van der Waals surface area contributed by atoms with E-state index in [4.69, 9.17) is 20.7 Å². The van der Waals surface area contributed by atoms with Crippen molar-refractivity contribution in [1.29, 1.82) is 0 Å². The van der Waals surface area contributed by atoms with Crippen molar-refractivity contribution in [2.45, 2.75) is 19.3 Å². The zero-order valence-corrected chi connectivity index (χ0v) is 9.56. The fourth-order valence-electron chi connectivity index (χ4n) is 1.37. The van der Waals surface area contributed by atoms with Crippen molar-refractivity contribution < 1.29 is 19.7 Å². The highest BCUT2D eigenvalue weighted by Gasteiger charge is 2.07. The Morgan fingerprint density at radius 1 is 1.29 bits per heavy atom. The van der Waals surface area contributed by atoms with E-state index in [1.165, 1.54) is 18.2 Å². The molecule has 94 valence electrons. The number of unbranched alkanes of at least 4 members (excludes halogenated alkanes) is 2. The average Bonchev–Trinajstić information content (AvgIpc) is 2.30. The third kappa shape index (κ3) is 4.32. The molecule has 0 bridgehead atoms. The van der Waals surface area contributed by atoms with Gasteiger partial charge in [0.2, 0.25) is 0 Å². The van der Waals surface area contributed by atoms with Gasteiger partial charge < -0.3 is 20.7 Å². The predicted molar refractivity (Wildman–Crippen MR) is 64.2 cm³/mol. The zero-order chi connectivity index (χ0) is 12.7. The van der Waals surface area contributed by atoms with E-state index in [1.807, 2.05) is 0 Å². The van der Waals surface area contributed by atoms with Crippen LogP contribution < -0.4 is 10.5 Å². The van der Waals surface area contributed by atoms with Gasteiger partial charge in [0.15, 0.2) is 0 Å². The van der Waals surface area contributed by atoms with Crippen LogP contribution >= 0.6 is 0 Å². The molecule has 1 aromatic carbocycles. The molecule has 0 spiro atoms. The zero-order valence-electron chi connectivity index (χ0n) is 9.56. The molecular weight excluding hydrogens is 222 g/mol. The SMILES string of the molecule is Nc1ccc(C(=O)O)cc1OCCCCCO. The fraction of sp³-hybridized carbons (Fsp3) is 0.417. The third-order valence-electron chi connectivity index (χ3n) is 2.32. The van der Waals surface area contributed by atoms with Crippen molar-refractivity contribution in [2.24, 2.45) is 0 Å². The Morgan fingerprint density at radius 2 is 2.06 bits per heavy atom. The van der Waals surface area contributed by atoms with Crippen LogP contribution in [0.15, 0.2) is 18.2 Å². The Hall–Kier alpha value is -1.75. The van der Waals surface area contributed by atoms with Gasteiger partial charge in [-0.3, -0.25) is 0 Å². The maximum Gasteiger partial charge on any atom is 0.335 e. The monoisotopic (exact) mass is 239 g/mol. The Labute approximate surface area is 99.8 Å². The summed E-state index contributed by atoms with van der Waals surface area (Å²) in [5.74, 6) is -0.607. The number of nitrogen functional groups attached to an aromatic ring is 1. The highest BCUT2D eigenvalue weighted by Crippen LogP contribution is 2.23. The van der Waals surface area contributed by atoms with Gasteiger partial charge in [-0.1, -0.05) is 0 Å². The van der Waals surface area contributed by atoms with Gasteiger partial charge in [0.1, 0.15) is 5.75 Å². The second-order valence-corrected chi connectivity index (χ2v) is 3.69. The second kappa shape index (κ2) is 6.75. The minimum atomic E-state index is -1.00. The first-order valence-electron chi connectivity index (χ1n) is 5.51. The molecule has 0 fully saturated rings. The fourth-order valence-corrected chi connectivity index (χ4v) is 1.37. The summed E-state index contributed by atoms with van der Waals surface area (Å²) in [5, 5.41) is 17.4. The largest absolute Gasteiger partial charge is 0.491 e. The number of carbonyl (C=O) groups is 1. The number of hydrogen-bond acceptors (Lipinski definition) is 4. The molecule has 0 aromatic heterocycles. The lowest BCUT2D eigenvalue weighted by molar-refractivity contribution is 0.0696. The van der Waals surface area contributed by atoms with E-state index >= 15 is 0 Å². The lowest BCUT2D eigenvalue weighted by Gasteiger charge is -2.09. The van der Waals surface area contributed by atoms with E-state index in [0.717, 1.165) is 19.3 Å². The van der Waals surface area contributed by atoms with Gasteiger partial charge in [-0.25, -0.2) is 4.79 Å². The number of carboxylic acids is 1. The van der Waals surface area contributed by atoms with E-state index in [-0.39, 0.29) is 12.2 Å². The van der Waals surface area contributed by atoms with Gasteiger partial charge in [-0.2, -0.15) is 0 Å². The Kier molecular flexibility index (Phi) is 5.29. The van der Waals surface area contributed by atoms with Crippen molar-refractivity contribution in [2.75, 3.05) is 18.9 Å². The smallest absolute Gasteiger partial charge is 0.335 e. The summed E-state index contributed by atoms with van der Waals surface area (Å²) >= 11 is 0. The average molecular weight is 239 g/mol. The van der Waals surface area contributed by atoms with Gasteiger partial charge in [-0.05, 0) is 37.5 Å². The van der Waals surface area contributed by atoms with Gasteiger partial charge in [-0.15, -0.1) is 0 Å². The van der Waals surface area contributed by atoms with Crippen LogP contribution in [0.3, 0.4) is 0 Å². The van der Waals surface area contributed by atoms with Crippen LogP contribution in [-0.4, -0.2) is 29.4 Å². The van der Waals surface area contributed by atoms with Gasteiger partial charge in [0.05, 0.1) is 17.9 Å². The van der Waals surface area contributed by atoms with Crippen LogP contribution in [-0.2, 0) is 0 Å². The molecule has 1 rings (SSSR count). The van der Waals surface area contributed by atoms with E-state index in [9.17, 15) is 4.79 Å². The Bertz CT molecular complexity index is 379. The van der Waals surface area contributed by atoms with Gasteiger partial charge >= 0.3 is 5.97 Å². The first kappa shape index (κ1) is 13.3. The molecule has 17 heavy (non-hydrogen) atoms. The third-order valence-corrected chi connectivity index (χ3v) is 2.32. The highest BCUT2D eigenvalue weighted by molar-refractivity contribution is 5.89. The molecule has 0 unspecified atom stereocenters. The van der Waals surface area contributed by atoms with Crippen molar-refractivity contribution in [1.82, 2.24) is 0 Å². The van der Waals surface area contributed by atoms with Crippen molar-refractivity contribution in [3.63, 3.8) is 0 Å². The number of ether oxygens (including phenoxy) is 1. The summed E-state index contributed by atoms with van der Waals surface area (Å²) in [6.07, 6.45) is 2.42. The Balaban J connectivity index is 2.51. The summed E-state index contributed by atoms with van der Waals surface area (Å²) in [6, 6.07) is 4.38. The van der Waals surface area contributed by atoms with Crippen LogP contribution in [0.4, 0.5) is 5.69 Å². The molecule has 5 heteroatoms. The molecule has 0 atom stereocenters. The summed E-state index contributed by atoms with van der Waals surface area (Å²) < 4.78 is 5.40. The number of aliphatic hydroxyl groups is 1. The number of carboxylic acid groups (broad SMARTS) is 1. The number of hydrogen-bond donors (Lipinski definition) is 3. The first-order valence-corrected chi connectivity index (χ1v) is 5.51. The van der Waals surface area contributed by atoms with E-state index < -0.39 is 5.97 Å². The molecule has 0 aliphatic carbocycles. The van der Waals surface area contributed by atoms with Gasteiger partial charge in [0, 0.05) is 6.61 Å². The number of benzene rings is 1. The highest BCUT2D eigenvalue weighted by atomic mass is 16.5. The topological polar surface area (TPSA) is 92.8 Å². The van der Waals surface area contributed by atoms with E-state index in [2.05, 4.69) is 0 Å². The van der Waals surface area contributed by atoms with Crippen molar-refractivity contribution in [3.8, 4) is 5.75 Å². The standard InChI is InChI=1S/C12H17NO4/c13-10-5-4-9(12(15)16)8-11(10)17-7-3-1-2-6-14/h4-5,8,14H,1-3,6-7,13H2,(H,15,16). The lowest BCUT2D eigenvalue weighted by Crippen LogP contribution is -2.03. The molecule has 1 aromatic rings. The van der Waals surface area contributed by atoms with Crippen LogP contribution in [0.25, 0.3) is 0 Å². The number of aromatic carboxylic acids is 1. The summed E-state index contributed by atoms with van der Waals surface area (Å²) in [6.45, 7) is 0.643. The number of nitrogens with two attached hydrogens (primary N) is 1. The molecule has 4 N–H and O–H groups in total. The quantitative estimate of drug-likeness (QED) is 0.495. The van der Waals surface area contributed by atoms with E-state index in [0.29, 0.717) is 18.0 Å². The van der Waals surface area contributed by atoms with E-state index in [1.54, 1.807) is 0 Å². The maximum atomic E-state index is 10.8. The van der Waals surface area contributed by atoms with Crippen molar-refractivity contribution >= 4 is 11.7 Å². The summed E-state index contributed by atoms with van der Waals surface area (Å²) in [7, 11) is 0. The summed E-state index contributed by atoms with van der Waals surface area (Å²) in [4.78, 5) is 10.8. The normalized spacial score (nSPS) is 10.2. The minimum absolute atomic E-state index is 0.157. The number of aliphatic hydroxyl groups excluding tert-OH is 1. The van der Waals surface area contributed by atoms with Gasteiger partial charge in [0.25, 0.3) is 0 Å². The van der Waals surface area contributed by atoms with Crippen LogP contribution in [0, 0.1) is 0 Å². The first-order chi connectivity index (χ1) is 8.15. The Morgan fingerprint density at radius 3 is 2.71 bits per heavy atom. The maximum absolute atomic E-state index is 10.8. The minimum Gasteiger partial charge on any atom is -0.491 e. The van der Waals surface area contributed by atoms with Crippen LogP contribution in [0.5, 0.6) is 5.75 Å². The van der Waals surface area contributed by atoms with Crippen LogP contribution in [0.2, 0.25) is 0 Å². The molecule has 0 heterocycles. The molecule has 5 nitrogen and oxygen atoms in total. The predicted octanol–water partition coefficient (Wildman–Crippen LogP) is 1.51. The molecule has 0 aliphatic rings. The lowest BCUT2D eigenvalue weighted by atomic mass is 10.2. The molecule has 0 radical (unpaired) electrons. The molecular formula is C12H17NO4. The molecule has 0 aliphatic heterocycles. The summed E-state index contributed by atoms with van der Waals surface area (Å²) in [5.41, 5.74) is 6.26. The molecule has 0 saturated carbocycles. The number of anilines is 1. The molecule has 0 amide bonds. The van der Waals surface area contributed by atoms with Crippen LogP contribution in [0.1, 0.15) is 29.6 Å².